The van der Waals surface area contributed by atoms with E-state index in [0.717, 1.165) is 68.4 Å². The molecule has 5 aromatic rings. The van der Waals surface area contributed by atoms with Crippen LogP contribution in [0.15, 0.2) is 52.1 Å². The third-order valence-corrected chi connectivity index (χ3v) is 9.91. The molecule has 2 aliphatic rings. The number of aromatic nitrogens is 5. The minimum absolute atomic E-state index is 0. The smallest absolute Gasteiger partial charge is 0.332 e. The fourth-order valence-electron chi connectivity index (χ4n) is 6.86. The Labute approximate surface area is 311 Å². The van der Waals surface area contributed by atoms with Gasteiger partial charge in [-0.2, -0.15) is 0 Å². The van der Waals surface area contributed by atoms with Crippen molar-refractivity contribution in [3.63, 3.8) is 0 Å². The second kappa shape index (κ2) is 14.9. The molecule has 0 spiro atoms. The Hall–Kier alpha value is -4.03. The summed E-state index contributed by atoms with van der Waals surface area (Å²) in [6, 6.07) is 13.6. The summed E-state index contributed by atoms with van der Waals surface area (Å²) in [5, 5.41) is 7.20. The van der Waals surface area contributed by atoms with Crippen LogP contribution in [0.4, 0.5) is 20.3 Å². The molecule has 2 atom stereocenters. The number of methoxy groups -OCH3 is 1. The maximum Gasteiger partial charge on any atom is 0.332 e. The monoisotopic (exact) mass is 800 g/mol. The van der Waals surface area contributed by atoms with Gasteiger partial charge in [0.25, 0.3) is 12.0 Å². The predicted octanol–water partition coefficient (Wildman–Crippen LogP) is 5.98. The summed E-state index contributed by atoms with van der Waals surface area (Å²) in [6.45, 7) is 3.22. The van der Waals surface area contributed by atoms with Crippen LogP contribution in [0.1, 0.15) is 47.8 Å². The molecular formula is C36H35ClF2MoN7O4-. The summed E-state index contributed by atoms with van der Waals surface area (Å²) in [4.78, 5) is 38.6. The van der Waals surface area contributed by atoms with E-state index in [1.54, 1.807) is 19.2 Å². The average molecular weight is 799 g/mol. The molecule has 1 saturated heterocycles. The van der Waals surface area contributed by atoms with Gasteiger partial charge in [-0.1, -0.05) is 48.5 Å². The summed E-state index contributed by atoms with van der Waals surface area (Å²) in [7, 11) is 4.30. The molecule has 0 saturated carbocycles. The molecule has 1 aliphatic heterocycles. The number of halogens is 3. The Morgan fingerprint density at radius 3 is 2.51 bits per heavy atom. The van der Waals surface area contributed by atoms with Crippen molar-refractivity contribution < 1.29 is 39.3 Å². The fourth-order valence-corrected chi connectivity index (χ4v) is 7.19. The molecule has 0 amide bonds. The van der Waals surface area contributed by atoms with Crippen molar-refractivity contribution in [3.05, 3.63) is 97.3 Å². The number of nitrogens with zero attached hydrogens (tertiary/aromatic N) is 5. The van der Waals surface area contributed by atoms with Crippen molar-refractivity contribution in [2.24, 2.45) is 14.1 Å². The molecule has 1 aliphatic carbocycles. The number of hydrogen-bond donors (Lipinski definition) is 2. The molecule has 4 heterocycles. The quantitative estimate of drug-likeness (QED) is 0.144. The van der Waals surface area contributed by atoms with Gasteiger partial charge in [0.15, 0.2) is 11.5 Å². The molecule has 15 heteroatoms. The van der Waals surface area contributed by atoms with Crippen LogP contribution < -0.4 is 26.6 Å². The van der Waals surface area contributed by atoms with Crippen LogP contribution in [0.2, 0.25) is 5.02 Å². The van der Waals surface area contributed by atoms with E-state index in [-0.39, 0.29) is 50.0 Å². The molecule has 51 heavy (non-hydrogen) atoms. The van der Waals surface area contributed by atoms with Gasteiger partial charge < -0.3 is 20.1 Å². The van der Waals surface area contributed by atoms with E-state index in [2.05, 4.69) is 33.1 Å². The third-order valence-electron chi connectivity index (χ3n) is 9.50. The minimum atomic E-state index is -3.04. The summed E-state index contributed by atoms with van der Waals surface area (Å²) < 4.78 is 41.0. The first-order valence-electron chi connectivity index (χ1n) is 16.2. The first-order valence-corrected chi connectivity index (χ1v) is 16.6. The van der Waals surface area contributed by atoms with E-state index in [1.165, 1.54) is 14.1 Å². The minimum Gasteiger partial charge on any atom is -0.481 e. The van der Waals surface area contributed by atoms with Crippen LogP contribution in [-0.2, 0) is 46.3 Å². The zero-order valence-corrected chi connectivity index (χ0v) is 31.1. The number of benzene rings is 2. The van der Waals surface area contributed by atoms with Gasteiger partial charge in [-0.25, -0.2) is 28.5 Å². The van der Waals surface area contributed by atoms with E-state index in [1.807, 2.05) is 31.2 Å². The normalized spacial score (nSPS) is 17.0. The van der Waals surface area contributed by atoms with Gasteiger partial charge in [-0.15, -0.1) is 6.04 Å². The molecule has 2 unspecified atom stereocenters. The number of pyridine rings is 1. The van der Waals surface area contributed by atoms with Crippen LogP contribution >= 0.6 is 11.6 Å². The van der Waals surface area contributed by atoms with Crippen LogP contribution in [-0.4, -0.2) is 50.5 Å². The van der Waals surface area contributed by atoms with Gasteiger partial charge in [0, 0.05) is 70.2 Å². The number of rotatable bonds is 8. The summed E-state index contributed by atoms with van der Waals surface area (Å²) in [5.41, 5.74) is 4.74. The van der Waals surface area contributed by atoms with Crippen molar-refractivity contribution in [1.82, 2.24) is 29.4 Å². The molecule has 11 nitrogen and oxygen atoms in total. The number of aryl methyl sites for hydroxylation is 2. The van der Waals surface area contributed by atoms with Crippen molar-refractivity contribution in [3.8, 4) is 28.3 Å². The Morgan fingerprint density at radius 2 is 1.78 bits per heavy atom. The van der Waals surface area contributed by atoms with Gasteiger partial charge in [0.2, 0.25) is 5.88 Å². The Bertz CT molecular complexity index is 2260. The topological polar surface area (TPSA) is 125 Å². The number of anilines is 2. The Balaban J connectivity index is 0.00000448. The largest absolute Gasteiger partial charge is 0.481 e. The van der Waals surface area contributed by atoms with Crippen molar-refractivity contribution >= 4 is 34.1 Å². The summed E-state index contributed by atoms with van der Waals surface area (Å²) in [6.07, 6.45) is 1.84. The van der Waals surface area contributed by atoms with E-state index in [0.29, 0.717) is 28.9 Å². The molecule has 2 N–H and O–H groups in total. The molecule has 0 radical (unpaired) electrons. The van der Waals surface area contributed by atoms with Gasteiger partial charge in [-0.3, -0.25) is 20.3 Å². The van der Waals surface area contributed by atoms with Crippen molar-refractivity contribution in [2.75, 3.05) is 25.6 Å². The molecule has 0 bridgehead atoms. The molecule has 266 valence electrons. The second-order valence-electron chi connectivity index (χ2n) is 12.5. The van der Waals surface area contributed by atoms with Crippen LogP contribution in [0, 0.1) is 13.3 Å². The molecule has 3 aromatic heterocycles. The number of nitrogens with one attached hydrogen (secondary N) is 2. The van der Waals surface area contributed by atoms with E-state index >= 15 is 0 Å². The van der Waals surface area contributed by atoms with Gasteiger partial charge >= 0.3 is 5.69 Å². The van der Waals surface area contributed by atoms with E-state index < -0.39 is 23.5 Å². The number of hydrogen-bond acceptors (Lipinski definition) is 9. The van der Waals surface area contributed by atoms with E-state index in [9.17, 15) is 18.4 Å². The van der Waals surface area contributed by atoms with Gasteiger partial charge in [0.05, 0.1) is 17.8 Å². The van der Waals surface area contributed by atoms with Crippen molar-refractivity contribution in [2.45, 2.75) is 44.7 Å². The second-order valence-corrected chi connectivity index (χ2v) is 12.8. The molecule has 7 rings (SSSR count). The Morgan fingerprint density at radius 1 is 1.04 bits per heavy atom. The summed E-state index contributed by atoms with van der Waals surface area (Å²) in [5.74, 6) is -0.389. The zero-order valence-electron chi connectivity index (χ0n) is 28.3. The maximum absolute atomic E-state index is 13.9. The van der Waals surface area contributed by atoms with Gasteiger partial charge in [0.1, 0.15) is 11.2 Å². The standard InChI is InChI=1S/C36H35ClF2N7O4.Mo/c1-18-21(7-6-10-24(18)41-31-28-33(44-32(43-31)30(38)39)45(2)36(48)46(3)35(28)47)22-8-5-9-23(29(22)37)26-17-19-11-12-25(27(19)34(42-26)49-4)40-20-13-15-50-16-14-20;/h5-10,13,17,20,25,30,40H,11-12,14-16H2,1-4H3,(H,41,43,44);/q-1;. The molecule has 1 fully saturated rings. The van der Waals surface area contributed by atoms with E-state index in [4.69, 9.17) is 26.1 Å². The first-order chi connectivity index (χ1) is 24.1. The Kier molecular flexibility index (Phi) is 10.7. The van der Waals surface area contributed by atoms with Crippen LogP contribution in [0.3, 0.4) is 0 Å². The molecule has 2 aromatic carbocycles. The average Bonchev–Trinajstić information content (AvgIpc) is 3.53. The predicted molar refractivity (Wildman–Crippen MR) is 187 cm³/mol. The SMILES string of the molecule is COc1nc(-c2cccc(-c3cccc(Nc4nc(C(F)F)nc5c4c(=O)n(C)c(=O)n5C)c3C)c2Cl)cc2c1C(NC1[CH-]COCC1)CC2.[Mo]. The van der Waals surface area contributed by atoms with Gasteiger partial charge in [-0.05, 0) is 55.0 Å². The van der Waals surface area contributed by atoms with Crippen LogP contribution in [0.5, 0.6) is 5.88 Å². The number of fused-ring (bicyclic) bond motifs is 2. The van der Waals surface area contributed by atoms with Crippen LogP contribution in [0.25, 0.3) is 33.4 Å². The number of alkyl halides is 2. The third kappa shape index (κ3) is 6.72. The number of ether oxygens (including phenoxy) is 2. The summed E-state index contributed by atoms with van der Waals surface area (Å²) >= 11 is 7.16. The maximum atomic E-state index is 13.9. The zero-order chi connectivity index (χ0) is 35.3. The molecular weight excluding hydrogens is 764 g/mol. The fraction of sp³-hybridized carbons (Fsp3) is 0.333. The first kappa shape index (κ1) is 36.7. The van der Waals surface area contributed by atoms with Crippen molar-refractivity contribution in [1.29, 1.82) is 0 Å².